The lowest BCUT2D eigenvalue weighted by molar-refractivity contribution is -0.114. The highest BCUT2D eigenvalue weighted by Crippen LogP contribution is 2.17. The van der Waals surface area contributed by atoms with Gasteiger partial charge in [-0.2, -0.15) is 0 Å². The molecule has 172 valence electrons. The van der Waals surface area contributed by atoms with Crippen LogP contribution < -0.4 is 15.4 Å². The standard InChI is InChI=1S/C25H33N3O4/c1-2-3-4-5-15-32-23-11-9-21(10-12-23)26-19-24(29)27-22-8-6-7-20(18-22)25(30)28-13-16-31-17-14-28/h6-12,18,26H,2-5,13-17,19H2,1H3,(H,27,29). The molecule has 1 fully saturated rings. The summed E-state index contributed by atoms with van der Waals surface area (Å²) in [5, 5.41) is 5.95. The molecular weight excluding hydrogens is 406 g/mol. The highest BCUT2D eigenvalue weighted by molar-refractivity contribution is 5.98. The first kappa shape index (κ1) is 23.6. The van der Waals surface area contributed by atoms with Crippen LogP contribution in [0.25, 0.3) is 0 Å². The van der Waals surface area contributed by atoms with Gasteiger partial charge in [0, 0.05) is 30.0 Å². The number of unbranched alkanes of at least 4 members (excludes halogenated alkanes) is 3. The summed E-state index contributed by atoms with van der Waals surface area (Å²) in [5.74, 6) is 0.602. The lowest BCUT2D eigenvalue weighted by atomic mass is 10.1. The second kappa shape index (κ2) is 12.7. The number of nitrogens with zero attached hydrogens (tertiary/aromatic N) is 1. The predicted octanol–water partition coefficient (Wildman–Crippen LogP) is 4.17. The number of carbonyl (C=O) groups excluding carboxylic acids is 2. The average Bonchev–Trinajstić information content (AvgIpc) is 2.83. The van der Waals surface area contributed by atoms with E-state index in [2.05, 4.69) is 17.6 Å². The van der Waals surface area contributed by atoms with Crippen molar-refractivity contribution in [2.24, 2.45) is 0 Å². The van der Waals surface area contributed by atoms with Gasteiger partial charge in [0.2, 0.25) is 5.91 Å². The fourth-order valence-electron chi connectivity index (χ4n) is 3.45. The molecule has 2 aromatic carbocycles. The van der Waals surface area contributed by atoms with Gasteiger partial charge >= 0.3 is 0 Å². The number of rotatable bonds is 11. The van der Waals surface area contributed by atoms with Crippen molar-refractivity contribution >= 4 is 23.2 Å². The molecule has 0 unspecified atom stereocenters. The topological polar surface area (TPSA) is 79.9 Å². The Morgan fingerprint density at radius 2 is 1.78 bits per heavy atom. The molecule has 2 N–H and O–H groups in total. The maximum absolute atomic E-state index is 12.6. The second-order valence-electron chi connectivity index (χ2n) is 7.82. The zero-order valence-electron chi connectivity index (χ0n) is 18.8. The van der Waals surface area contributed by atoms with Gasteiger partial charge in [0.05, 0.1) is 26.4 Å². The van der Waals surface area contributed by atoms with Gasteiger partial charge in [-0.15, -0.1) is 0 Å². The zero-order chi connectivity index (χ0) is 22.6. The van der Waals surface area contributed by atoms with Crippen LogP contribution in [0.1, 0.15) is 43.0 Å². The molecule has 0 saturated carbocycles. The monoisotopic (exact) mass is 439 g/mol. The summed E-state index contributed by atoms with van der Waals surface area (Å²) in [5.41, 5.74) is 2.00. The van der Waals surface area contributed by atoms with Gasteiger partial charge in [0.1, 0.15) is 5.75 Å². The number of hydrogen-bond donors (Lipinski definition) is 2. The van der Waals surface area contributed by atoms with Crippen LogP contribution in [0.4, 0.5) is 11.4 Å². The van der Waals surface area contributed by atoms with E-state index in [1.54, 1.807) is 29.2 Å². The summed E-state index contributed by atoms with van der Waals surface area (Å²) in [6, 6.07) is 14.6. The van der Waals surface area contributed by atoms with Crippen molar-refractivity contribution in [3.63, 3.8) is 0 Å². The van der Waals surface area contributed by atoms with E-state index < -0.39 is 0 Å². The Morgan fingerprint density at radius 3 is 2.53 bits per heavy atom. The van der Waals surface area contributed by atoms with Crippen molar-refractivity contribution < 1.29 is 19.1 Å². The third-order valence-electron chi connectivity index (χ3n) is 5.27. The van der Waals surface area contributed by atoms with Gasteiger partial charge < -0.3 is 25.0 Å². The number of anilines is 2. The molecule has 2 aromatic rings. The van der Waals surface area contributed by atoms with Crippen LogP contribution in [0.2, 0.25) is 0 Å². The van der Waals surface area contributed by atoms with Crippen molar-refractivity contribution in [2.45, 2.75) is 32.6 Å². The molecule has 2 amide bonds. The van der Waals surface area contributed by atoms with Gasteiger partial charge in [-0.05, 0) is 48.9 Å². The minimum atomic E-state index is -0.183. The third kappa shape index (κ3) is 7.57. The molecule has 3 rings (SSSR count). The lowest BCUT2D eigenvalue weighted by Gasteiger charge is -2.27. The minimum Gasteiger partial charge on any atom is -0.494 e. The number of carbonyl (C=O) groups is 2. The molecule has 1 aliphatic heterocycles. The molecule has 0 bridgehead atoms. The first-order chi connectivity index (χ1) is 15.7. The fraction of sp³-hybridized carbons (Fsp3) is 0.440. The molecule has 1 saturated heterocycles. The van der Waals surface area contributed by atoms with E-state index in [4.69, 9.17) is 9.47 Å². The summed E-state index contributed by atoms with van der Waals surface area (Å²) in [6.07, 6.45) is 4.71. The van der Waals surface area contributed by atoms with Gasteiger partial charge in [-0.25, -0.2) is 0 Å². The molecule has 0 spiro atoms. The fourth-order valence-corrected chi connectivity index (χ4v) is 3.45. The smallest absolute Gasteiger partial charge is 0.254 e. The molecule has 7 heteroatoms. The number of hydrogen-bond acceptors (Lipinski definition) is 5. The molecule has 0 aromatic heterocycles. The van der Waals surface area contributed by atoms with Crippen LogP contribution in [-0.4, -0.2) is 56.2 Å². The Kier molecular flexibility index (Phi) is 9.37. The largest absolute Gasteiger partial charge is 0.494 e. The Morgan fingerprint density at radius 1 is 1.00 bits per heavy atom. The summed E-state index contributed by atoms with van der Waals surface area (Å²) < 4.78 is 11.0. The molecule has 0 aliphatic carbocycles. The van der Waals surface area contributed by atoms with Gasteiger partial charge in [-0.3, -0.25) is 9.59 Å². The lowest BCUT2D eigenvalue weighted by Crippen LogP contribution is -2.40. The molecular formula is C25H33N3O4. The van der Waals surface area contributed by atoms with Crippen molar-refractivity contribution in [3.8, 4) is 5.75 Å². The summed E-state index contributed by atoms with van der Waals surface area (Å²) >= 11 is 0. The van der Waals surface area contributed by atoms with Crippen LogP contribution in [0.15, 0.2) is 48.5 Å². The Balaban J connectivity index is 1.43. The van der Waals surface area contributed by atoms with Crippen molar-refractivity contribution in [1.82, 2.24) is 4.90 Å². The van der Waals surface area contributed by atoms with Crippen LogP contribution in [0.5, 0.6) is 5.75 Å². The predicted molar refractivity (Wildman–Crippen MR) is 126 cm³/mol. The Hall–Kier alpha value is -3.06. The van der Waals surface area contributed by atoms with Gasteiger partial charge in [-0.1, -0.05) is 32.3 Å². The SMILES string of the molecule is CCCCCCOc1ccc(NCC(=O)Nc2cccc(C(=O)N3CCOCC3)c2)cc1. The highest BCUT2D eigenvalue weighted by atomic mass is 16.5. The molecule has 1 heterocycles. The first-order valence-corrected chi connectivity index (χ1v) is 11.4. The van der Waals surface area contributed by atoms with Crippen LogP contribution in [-0.2, 0) is 9.53 Å². The number of nitrogens with one attached hydrogen (secondary N) is 2. The van der Waals surface area contributed by atoms with Crippen molar-refractivity contribution in [2.75, 3.05) is 50.1 Å². The number of morpholine rings is 1. The number of benzene rings is 2. The van der Waals surface area contributed by atoms with E-state index in [0.717, 1.165) is 24.5 Å². The molecule has 32 heavy (non-hydrogen) atoms. The quantitative estimate of drug-likeness (QED) is 0.514. The summed E-state index contributed by atoms with van der Waals surface area (Å²) in [7, 11) is 0. The maximum Gasteiger partial charge on any atom is 0.254 e. The van der Waals surface area contributed by atoms with Gasteiger partial charge in [0.15, 0.2) is 0 Å². The van der Waals surface area contributed by atoms with E-state index >= 15 is 0 Å². The molecule has 7 nitrogen and oxygen atoms in total. The van der Waals surface area contributed by atoms with E-state index in [1.165, 1.54) is 19.3 Å². The molecule has 0 radical (unpaired) electrons. The van der Waals surface area contributed by atoms with Gasteiger partial charge in [0.25, 0.3) is 5.91 Å². The van der Waals surface area contributed by atoms with E-state index in [1.807, 2.05) is 24.3 Å². The maximum atomic E-state index is 12.6. The first-order valence-electron chi connectivity index (χ1n) is 11.4. The number of ether oxygens (including phenoxy) is 2. The Bertz CT molecular complexity index is 864. The minimum absolute atomic E-state index is 0.0461. The molecule has 1 aliphatic rings. The zero-order valence-corrected chi connectivity index (χ0v) is 18.8. The molecule has 0 atom stereocenters. The number of amides is 2. The second-order valence-corrected chi connectivity index (χ2v) is 7.82. The van der Waals surface area contributed by atoms with E-state index in [-0.39, 0.29) is 18.4 Å². The average molecular weight is 440 g/mol. The van der Waals surface area contributed by atoms with Crippen molar-refractivity contribution in [3.05, 3.63) is 54.1 Å². The van der Waals surface area contributed by atoms with E-state index in [0.29, 0.717) is 37.6 Å². The van der Waals surface area contributed by atoms with Crippen LogP contribution >= 0.6 is 0 Å². The van der Waals surface area contributed by atoms with Crippen LogP contribution in [0, 0.1) is 0 Å². The van der Waals surface area contributed by atoms with E-state index in [9.17, 15) is 9.59 Å². The summed E-state index contributed by atoms with van der Waals surface area (Å²) in [6.45, 7) is 5.32. The normalized spacial score (nSPS) is 13.5. The third-order valence-corrected chi connectivity index (χ3v) is 5.27. The van der Waals surface area contributed by atoms with Crippen LogP contribution in [0.3, 0.4) is 0 Å². The Labute approximate surface area is 190 Å². The highest BCUT2D eigenvalue weighted by Gasteiger charge is 2.18. The van der Waals surface area contributed by atoms with Crippen molar-refractivity contribution in [1.29, 1.82) is 0 Å². The summed E-state index contributed by atoms with van der Waals surface area (Å²) in [4.78, 5) is 26.7.